The van der Waals surface area contributed by atoms with Gasteiger partial charge >= 0.3 is 0 Å². The zero-order chi connectivity index (χ0) is 17.4. The molecule has 0 unspecified atom stereocenters. The zero-order valence-corrected chi connectivity index (χ0v) is 15.2. The SMILES string of the molecule is CCNC(=NCc1csc(N(C)C)n1)NCCc1cccc(F)c1. The van der Waals surface area contributed by atoms with Gasteiger partial charge in [0, 0.05) is 32.6 Å². The standard InChI is InChI=1S/C17H24FN5S/c1-4-19-16(20-9-8-13-6-5-7-14(18)10-13)21-11-15-12-24-17(22-15)23(2)3/h5-7,10,12H,4,8-9,11H2,1-3H3,(H2,19,20,21). The van der Waals surface area contributed by atoms with E-state index in [-0.39, 0.29) is 5.82 Å². The number of aliphatic imine (C=N–C) groups is 1. The van der Waals surface area contributed by atoms with Crippen molar-refractivity contribution in [1.82, 2.24) is 15.6 Å². The summed E-state index contributed by atoms with van der Waals surface area (Å²) in [7, 11) is 3.95. The monoisotopic (exact) mass is 349 g/mol. The lowest BCUT2D eigenvalue weighted by molar-refractivity contribution is 0.625. The zero-order valence-electron chi connectivity index (χ0n) is 14.3. The molecule has 24 heavy (non-hydrogen) atoms. The second-order valence-electron chi connectivity index (χ2n) is 5.52. The largest absolute Gasteiger partial charge is 0.357 e. The Bertz CT molecular complexity index is 669. The summed E-state index contributed by atoms with van der Waals surface area (Å²) < 4.78 is 13.2. The van der Waals surface area contributed by atoms with Crippen molar-refractivity contribution >= 4 is 22.4 Å². The molecule has 2 aromatic rings. The van der Waals surface area contributed by atoms with E-state index in [9.17, 15) is 4.39 Å². The van der Waals surface area contributed by atoms with Gasteiger partial charge in [-0.2, -0.15) is 0 Å². The minimum absolute atomic E-state index is 0.201. The van der Waals surface area contributed by atoms with Gasteiger partial charge in [0.05, 0.1) is 12.2 Å². The summed E-state index contributed by atoms with van der Waals surface area (Å²) in [5, 5.41) is 9.48. The fourth-order valence-electron chi connectivity index (χ4n) is 2.09. The Morgan fingerprint density at radius 3 is 2.83 bits per heavy atom. The van der Waals surface area contributed by atoms with Gasteiger partial charge in [-0.3, -0.25) is 0 Å². The highest BCUT2D eigenvalue weighted by molar-refractivity contribution is 7.13. The van der Waals surface area contributed by atoms with Crippen molar-refractivity contribution in [3.8, 4) is 0 Å². The molecule has 0 saturated heterocycles. The average molecular weight is 349 g/mol. The molecule has 0 bridgehead atoms. The summed E-state index contributed by atoms with van der Waals surface area (Å²) in [6, 6.07) is 6.67. The molecule has 1 aromatic heterocycles. The lowest BCUT2D eigenvalue weighted by Crippen LogP contribution is -2.38. The van der Waals surface area contributed by atoms with Crippen LogP contribution in [0.2, 0.25) is 0 Å². The fraction of sp³-hybridized carbons (Fsp3) is 0.412. The van der Waals surface area contributed by atoms with Gasteiger partial charge < -0.3 is 15.5 Å². The van der Waals surface area contributed by atoms with Crippen molar-refractivity contribution in [2.45, 2.75) is 19.9 Å². The first-order chi connectivity index (χ1) is 11.6. The number of thiazole rings is 1. The van der Waals surface area contributed by atoms with Crippen molar-refractivity contribution in [2.24, 2.45) is 4.99 Å². The Kier molecular flexibility index (Phi) is 6.99. The number of hydrogen-bond donors (Lipinski definition) is 2. The topological polar surface area (TPSA) is 52.6 Å². The number of guanidine groups is 1. The number of nitrogens with zero attached hydrogens (tertiary/aromatic N) is 3. The highest BCUT2D eigenvalue weighted by Gasteiger charge is 2.04. The minimum atomic E-state index is -0.201. The number of aromatic nitrogens is 1. The van der Waals surface area contributed by atoms with Crippen molar-refractivity contribution in [3.63, 3.8) is 0 Å². The molecule has 0 radical (unpaired) electrons. The number of benzene rings is 1. The molecule has 0 saturated carbocycles. The van der Waals surface area contributed by atoms with Crippen LogP contribution in [0, 0.1) is 5.82 Å². The van der Waals surface area contributed by atoms with E-state index in [0.29, 0.717) is 13.1 Å². The maximum absolute atomic E-state index is 13.2. The van der Waals surface area contributed by atoms with E-state index in [1.165, 1.54) is 6.07 Å². The number of anilines is 1. The molecule has 1 heterocycles. The van der Waals surface area contributed by atoms with Crippen LogP contribution >= 0.6 is 11.3 Å². The maximum atomic E-state index is 13.2. The maximum Gasteiger partial charge on any atom is 0.191 e. The molecule has 0 aliphatic carbocycles. The van der Waals surface area contributed by atoms with Crippen molar-refractivity contribution in [2.75, 3.05) is 32.1 Å². The molecule has 0 spiro atoms. The van der Waals surface area contributed by atoms with Crippen molar-refractivity contribution in [3.05, 3.63) is 46.7 Å². The summed E-state index contributed by atoms with van der Waals surface area (Å²) in [5.74, 6) is 0.543. The smallest absolute Gasteiger partial charge is 0.191 e. The van der Waals surface area contributed by atoms with Gasteiger partial charge in [0.1, 0.15) is 5.82 Å². The number of hydrogen-bond acceptors (Lipinski definition) is 4. The second kappa shape index (κ2) is 9.22. The summed E-state index contributed by atoms with van der Waals surface area (Å²) in [5.41, 5.74) is 1.92. The van der Waals surface area contributed by atoms with E-state index in [1.54, 1.807) is 23.5 Å². The van der Waals surface area contributed by atoms with E-state index in [4.69, 9.17) is 0 Å². The van der Waals surface area contributed by atoms with Gasteiger partial charge in [0.15, 0.2) is 11.1 Å². The van der Waals surface area contributed by atoms with Crippen LogP contribution in [0.25, 0.3) is 0 Å². The molecule has 5 nitrogen and oxygen atoms in total. The normalized spacial score (nSPS) is 11.4. The van der Waals surface area contributed by atoms with E-state index in [0.717, 1.165) is 35.3 Å². The third kappa shape index (κ3) is 5.81. The van der Waals surface area contributed by atoms with Crippen LogP contribution in [0.1, 0.15) is 18.2 Å². The van der Waals surface area contributed by atoms with Crippen LogP contribution < -0.4 is 15.5 Å². The van der Waals surface area contributed by atoms with Crippen LogP contribution in [0.5, 0.6) is 0 Å². The Morgan fingerprint density at radius 1 is 1.33 bits per heavy atom. The van der Waals surface area contributed by atoms with Crippen LogP contribution in [-0.4, -0.2) is 38.1 Å². The second-order valence-corrected chi connectivity index (χ2v) is 6.35. The van der Waals surface area contributed by atoms with Gasteiger partial charge in [-0.25, -0.2) is 14.4 Å². The van der Waals surface area contributed by atoms with Gasteiger partial charge in [0.25, 0.3) is 0 Å². The Balaban J connectivity index is 1.87. The number of nitrogens with one attached hydrogen (secondary N) is 2. The molecule has 0 atom stereocenters. The molecule has 0 aliphatic rings. The van der Waals surface area contributed by atoms with Crippen molar-refractivity contribution in [1.29, 1.82) is 0 Å². The molecule has 130 valence electrons. The summed E-state index contributed by atoms with van der Waals surface area (Å²) in [6.07, 6.45) is 0.740. The molecule has 0 amide bonds. The highest BCUT2D eigenvalue weighted by atomic mass is 32.1. The first-order valence-corrected chi connectivity index (χ1v) is 8.84. The molecule has 2 N–H and O–H groups in total. The van der Waals surface area contributed by atoms with E-state index in [1.807, 2.05) is 37.4 Å². The van der Waals surface area contributed by atoms with E-state index >= 15 is 0 Å². The van der Waals surface area contributed by atoms with Crippen LogP contribution in [0.4, 0.5) is 9.52 Å². The Hall–Kier alpha value is -2.15. The van der Waals surface area contributed by atoms with Gasteiger partial charge in [-0.1, -0.05) is 12.1 Å². The first kappa shape index (κ1) is 18.2. The fourth-order valence-corrected chi connectivity index (χ4v) is 2.84. The predicted molar refractivity (Wildman–Crippen MR) is 99.4 cm³/mol. The van der Waals surface area contributed by atoms with Crippen molar-refractivity contribution < 1.29 is 4.39 Å². The summed E-state index contributed by atoms with van der Waals surface area (Å²) in [4.78, 5) is 11.1. The highest BCUT2D eigenvalue weighted by Crippen LogP contribution is 2.18. The summed E-state index contributed by atoms with van der Waals surface area (Å²) >= 11 is 1.61. The molecule has 1 aromatic carbocycles. The number of halogens is 1. The predicted octanol–water partition coefficient (Wildman–Crippen LogP) is 2.65. The summed E-state index contributed by atoms with van der Waals surface area (Å²) in [6.45, 7) is 4.03. The lowest BCUT2D eigenvalue weighted by atomic mass is 10.1. The third-order valence-electron chi connectivity index (χ3n) is 3.26. The molecule has 2 rings (SSSR count). The minimum Gasteiger partial charge on any atom is -0.357 e. The van der Waals surface area contributed by atoms with Crippen LogP contribution in [-0.2, 0) is 13.0 Å². The molecular formula is C17H24FN5S. The quantitative estimate of drug-likeness (QED) is 0.596. The average Bonchev–Trinajstić information content (AvgIpc) is 3.02. The van der Waals surface area contributed by atoms with E-state index in [2.05, 4.69) is 20.6 Å². The van der Waals surface area contributed by atoms with E-state index < -0.39 is 0 Å². The molecular weight excluding hydrogens is 325 g/mol. The third-order valence-corrected chi connectivity index (χ3v) is 4.32. The number of rotatable bonds is 7. The van der Waals surface area contributed by atoms with Gasteiger partial charge in [-0.05, 0) is 31.0 Å². The molecule has 7 heteroatoms. The lowest BCUT2D eigenvalue weighted by Gasteiger charge is -2.11. The molecule has 0 fully saturated rings. The van der Waals surface area contributed by atoms with Gasteiger partial charge in [0.2, 0.25) is 0 Å². The van der Waals surface area contributed by atoms with Gasteiger partial charge in [-0.15, -0.1) is 11.3 Å². The Morgan fingerprint density at radius 2 is 2.17 bits per heavy atom. The van der Waals surface area contributed by atoms with Crippen LogP contribution in [0.15, 0.2) is 34.6 Å². The molecule has 0 aliphatic heterocycles. The Labute approximate surface area is 146 Å². The first-order valence-electron chi connectivity index (χ1n) is 7.97. The van der Waals surface area contributed by atoms with Crippen LogP contribution in [0.3, 0.4) is 0 Å².